The van der Waals surface area contributed by atoms with Crippen molar-refractivity contribution in [2.45, 2.75) is 19.4 Å². The molecule has 0 bridgehead atoms. The summed E-state index contributed by atoms with van der Waals surface area (Å²) in [5.41, 5.74) is -0.365. The molecule has 1 aromatic rings. The first-order chi connectivity index (χ1) is 4.67. The van der Waals surface area contributed by atoms with Crippen LogP contribution >= 0.6 is 0 Å². The number of nitrogens with zero attached hydrogens (tertiary/aromatic N) is 1. The van der Waals surface area contributed by atoms with Gasteiger partial charge in [-0.1, -0.05) is 5.16 Å². The van der Waals surface area contributed by atoms with E-state index in [0.29, 0.717) is 0 Å². The van der Waals surface area contributed by atoms with Gasteiger partial charge in [-0.05, 0) is 13.8 Å². The van der Waals surface area contributed by atoms with E-state index in [1.54, 1.807) is 19.4 Å². The summed E-state index contributed by atoms with van der Waals surface area (Å²) in [6.45, 7) is 3.85. The third-order valence-electron chi connectivity index (χ3n) is 1.54. The fraction of sp³-hybridized carbons (Fsp3) is 0.571. The van der Waals surface area contributed by atoms with Gasteiger partial charge in [0.2, 0.25) is 0 Å². The van der Waals surface area contributed by atoms with Gasteiger partial charge in [-0.15, -0.1) is 0 Å². The maximum absolute atomic E-state index is 5.15. The smallest absolute Gasteiger partial charge is 0.167 e. The average Bonchev–Trinajstić information content (AvgIpc) is 2.38. The SMILES string of the molecule is COC(C)(C)c1ccno1. The first kappa shape index (κ1) is 7.28. The molecule has 0 atom stereocenters. The Morgan fingerprint density at radius 1 is 1.60 bits per heavy atom. The van der Waals surface area contributed by atoms with Gasteiger partial charge in [0, 0.05) is 13.2 Å². The standard InChI is InChI=1S/C7H11NO2/c1-7(2,9-3)6-4-5-8-10-6/h4-5H,1-3H3. The molecular formula is C7H11NO2. The molecule has 0 spiro atoms. The largest absolute Gasteiger partial charge is 0.371 e. The van der Waals surface area contributed by atoms with Gasteiger partial charge in [-0.25, -0.2) is 0 Å². The van der Waals surface area contributed by atoms with Crippen LogP contribution in [0.2, 0.25) is 0 Å². The highest BCUT2D eigenvalue weighted by molar-refractivity contribution is 5.02. The van der Waals surface area contributed by atoms with E-state index in [0.717, 1.165) is 5.76 Å². The van der Waals surface area contributed by atoms with E-state index in [4.69, 9.17) is 9.26 Å². The second-order valence-electron chi connectivity index (χ2n) is 2.59. The van der Waals surface area contributed by atoms with Gasteiger partial charge >= 0.3 is 0 Å². The third-order valence-corrected chi connectivity index (χ3v) is 1.54. The number of methoxy groups -OCH3 is 1. The van der Waals surface area contributed by atoms with Gasteiger partial charge < -0.3 is 9.26 Å². The Hall–Kier alpha value is -0.830. The zero-order chi connectivity index (χ0) is 7.61. The van der Waals surface area contributed by atoms with Crippen molar-refractivity contribution < 1.29 is 9.26 Å². The quantitative estimate of drug-likeness (QED) is 0.626. The van der Waals surface area contributed by atoms with Crippen LogP contribution in [0.3, 0.4) is 0 Å². The van der Waals surface area contributed by atoms with Crippen molar-refractivity contribution in [1.29, 1.82) is 0 Å². The Morgan fingerprint density at radius 3 is 2.70 bits per heavy atom. The van der Waals surface area contributed by atoms with E-state index in [1.807, 2.05) is 13.8 Å². The molecule has 1 aromatic heterocycles. The molecule has 0 amide bonds. The Labute approximate surface area is 60.0 Å². The van der Waals surface area contributed by atoms with E-state index < -0.39 is 0 Å². The first-order valence-corrected chi connectivity index (χ1v) is 3.13. The number of aromatic nitrogens is 1. The van der Waals surface area contributed by atoms with E-state index in [1.165, 1.54) is 0 Å². The topological polar surface area (TPSA) is 35.3 Å². The van der Waals surface area contributed by atoms with Crippen molar-refractivity contribution in [2.75, 3.05) is 7.11 Å². The number of hydrogen-bond acceptors (Lipinski definition) is 3. The number of ether oxygens (including phenoxy) is 1. The minimum atomic E-state index is -0.365. The molecule has 0 aliphatic rings. The van der Waals surface area contributed by atoms with Crippen LogP contribution in [-0.2, 0) is 10.3 Å². The van der Waals surface area contributed by atoms with Crippen LogP contribution in [0.5, 0.6) is 0 Å². The Bertz CT molecular complexity index is 191. The summed E-state index contributed by atoms with van der Waals surface area (Å²) >= 11 is 0. The van der Waals surface area contributed by atoms with Crippen LogP contribution in [-0.4, -0.2) is 12.3 Å². The van der Waals surface area contributed by atoms with E-state index >= 15 is 0 Å². The molecule has 0 aliphatic heterocycles. The zero-order valence-electron chi connectivity index (χ0n) is 6.42. The minimum absolute atomic E-state index is 0.365. The first-order valence-electron chi connectivity index (χ1n) is 3.13. The van der Waals surface area contributed by atoms with Crippen molar-refractivity contribution in [1.82, 2.24) is 5.16 Å². The van der Waals surface area contributed by atoms with Crippen LogP contribution in [0, 0.1) is 0 Å². The lowest BCUT2D eigenvalue weighted by Crippen LogP contribution is -2.18. The molecule has 0 radical (unpaired) electrons. The molecule has 10 heavy (non-hydrogen) atoms. The molecule has 0 N–H and O–H groups in total. The van der Waals surface area contributed by atoms with Crippen LogP contribution in [0.15, 0.2) is 16.8 Å². The predicted molar refractivity (Wildman–Crippen MR) is 36.5 cm³/mol. The summed E-state index contributed by atoms with van der Waals surface area (Å²) < 4.78 is 10.1. The summed E-state index contributed by atoms with van der Waals surface area (Å²) in [5.74, 6) is 0.745. The average molecular weight is 141 g/mol. The Morgan fingerprint density at radius 2 is 2.30 bits per heavy atom. The fourth-order valence-corrected chi connectivity index (χ4v) is 0.627. The third kappa shape index (κ3) is 1.19. The maximum atomic E-state index is 5.15. The van der Waals surface area contributed by atoms with Gasteiger partial charge in [0.05, 0.1) is 6.20 Å². The molecule has 0 unspecified atom stereocenters. The normalized spacial score (nSPS) is 11.9. The molecule has 0 fully saturated rings. The molecule has 0 saturated heterocycles. The molecule has 1 rings (SSSR count). The van der Waals surface area contributed by atoms with Crippen LogP contribution in [0.1, 0.15) is 19.6 Å². The van der Waals surface area contributed by atoms with Crippen molar-refractivity contribution in [3.63, 3.8) is 0 Å². The highest BCUT2D eigenvalue weighted by atomic mass is 16.5. The second kappa shape index (κ2) is 2.42. The van der Waals surface area contributed by atoms with Gasteiger partial charge in [-0.3, -0.25) is 0 Å². The molecule has 1 heterocycles. The molecule has 3 nitrogen and oxygen atoms in total. The predicted octanol–water partition coefficient (Wildman–Crippen LogP) is 1.56. The van der Waals surface area contributed by atoms with Crippen LogP contribution in [0.25, 0.3) is 0 Å². The molecular weight excluding hydrogens is 130 g/mol. The van der Waals surface area contributed by atoms with Crippen molar-refractivity contribution in [2.24, 2.45) is 0 Å². The molecule has 0 aromatic carbocycles. The zero-order valence-corrected chi connectivity index (χ0v) is 6.42. The van der Waals surface area contributed by atoms with Crippen molar-refractivity contribution in [3.05, 3.63) is 18.0 Å². The van der Waals surface area contributed by atoms with Crippen molar-refractivity contribution in [3.8, 4) is 0 Å². The Balaban J connectivity index is 2.85. The highest BCUT2D eigenvalue weighted by Gasteiger charge is 2.22. The van der Waals surface area contributed by atoms with Gasteiger partial charge in [0.25, 0.3) is 0 Å². The minimum Gasteiger partial charge on any atom is -0.371 e. The molecule has 0 saturated carbocycles. The van der Waals surface area contributed by atoms with E-state index in [9.17, 15) is 0 Å². The lowest BCUT2D eigenvalue weighted by molar-refractivity contribution is -0.00347. The summed E-state index contributed by atoms with van der Waals surface area (Å²) in [7, 11) is 1.64. The lowest BCUT2D eigenvalue weighted by Gasteiger charge is -2.18. The summed E-state index contributed by atoms with van der Waals surface area (Å²) in [6, 6.07) is 1.80. The lowest BCUT2D eigenvalue weighted by atomic mass is 10.1. The monoisotopic (exact) mass is 141 g/mol. The molecule has 0 aliphatic carbocycles. The Kier molecular flexibility index (Phi) is 1.76. The van der Waals surface area contributed by atoms with Gasteiger partial charge in [-0.2, -0.15) is 0 Å². The van der Waals surface area contributed by atoms with Gasteiger partial charge in [0.15, 0.2) is 5.76 Å². The van der Waals surface area contributed by atoms with E-state index in [-0.39, 0.29) is 5.60 Å². The second-order valence-corrected chi connectivity index (χ2v) is 2.59. The number of rotatable bonds is 2. The molecule has 56 valence electrons. The summed E-state index contributed by atoms with van der Waals surface area (Å²) in [5, 5.41) is 3.58. The van der Waals surface area contributed by atoms with Crippen LogP contribution < -0.4 is 0 Å². The molecule has 3 heteroatoms. The van der Waals surface area contributed by atoms with Gasteiger partial charge in [0.1, 0.15) is 5.60 Å². The summed E-state index contributed by atoms with van der Waals surface area (Å²) in [4.78, 5) is 0. The maximum Gasteiger partial charge on any atom is 0.167 e. The number of hydrogen-bond donors (Lipinski definition) is 0. The summed E-state index contributed by atoms with van der Waals surface area (Å²) in [6.07, 6.45) is 1.61. The highest BCUT2D eigenvalue weighted by Crippen LogP contribution is 2.22. The van der Waals surface area contributed by atoms with Crippen LogP contribution in [0.4, 0.5) is 0 Å². The van der Waals surface area contributed by atoms with Crippen molar-refractivity contribution >= 4 is 0 Å². The van der Waals surface area contributed by atoms with E-state index in [2.05, 4.69) is 5.16 Å². The fourth-order valence-electron chi connectivity index (χ4n) is 0.627.